The van der Waals surface area contributed by atoms with Gasteiger partial charge < -0.3 is 15.4 Å². The summed E-state index contributed by atoms with van der Waals surface area (Å²) in [6.45, 7) is 1.85. The second kappa shape index (κ2) is 8.59. The van der Waals surface area contributed by atoms with Crippen LogP contribution in [0.4, 0.5) is 11.5 Å². The van der Waals surface area contributed by atoms with Crippen LogP contribution in [-0.2, 0) is 4.79 Å². The summed E-state index contributed by atoms with van der Waals surface area (Å²) < 4.78 is 5.46. The molecule has 4 atom stereocenters. The van der Waals surface area contributed by atoms with Crippen molar-refractivity contribution < 1.29 is 9.53 Å². The summed E-state index contributed by atoms with van der Waals surface area (Å²) in [7, 11) is 3.27. The Balaban J connectivity index is 1.60. The molecule has 2 fully saturated rings. The molecule has 1 amide bonds. The van der Waals surface area contributed by atoms with Crippen molar-refractivity contribution in [3.05, 3.63) is 46.6 Å². The molecule has 2 saturated heterocycles. The summed E-state index contributed by atoms with van der Waals surface area (Å²) in [5.41, 5.74) is 5.10. The number of carbonyl (C=O) groups excluding carboxylic acids is 1. The highest BCUT2D eigenvalue weighted by Crippen LogP contribution is 2.36. The molecule has 0 radical (unpaired) electrons. The van der Waals surface area contributed by atoms with Crippen LogP contribution in [0.25, 0.3) is 0 Å². The molecule has 1 aromatic carbocycles. The van der Waals surface area contributed by atoms with E-state index < -0.39 is 0 Å². The van der Waals surface area contributed by atoms with E-state index in [0.29, 0.717) is 28.7 Å². The van der Waals surface area contributed by atoms with Crippen molar-refractivity contribution in [1.82, 2.24) is 20.7 Å². The van der Waals surface area contributed by atoms with Gasteiger partial charge >= 0.3 is 0 Å². The molecule has 2 aliphatic rings. The van der Waals surface area contributed by atoms with Gasteiger partial charge in [0.15, 0.2) is 5.75 Å². The molecule has 162 valence electrons. The smallest absolute Gasteiger partial charge is 0.244 e. The fraction of sp³-hybridized carbons (Fsp3) is 0.381. The first-order chi connectivity index (χ1) is 14.9. The lowest BCUT2D eigenvalue weighted by molar-refractivity contribution is -0.131. The first-order valence-corrected chi connectivity index (χ1v) is 10.3. The molecular weight excluding hydrogens is 418 g/mol. The standard InChI is InChI=1S/C21H24ClN7O2/c1-11-7-8-16(25-15(11)10-23)26-17-9-14(18-20(27-17)28-29(2)21(18)30)24-13-6-4-5-12(22)19(13)31-3/h4-8,14,17-18,20,24,27-28H,9H2,1-3H3,(H,25,26). The number of nitriles is 1. The van der Waals surface area contributed by atoms with Crippen molar-refractivity contribution in [3.8, 4) is 11.8 Å². The zero-order chi connectivity index (χ0) is 22.1. The van der Waals surface area contributed by atoms with Crippen LogP contribution in [0, 0.1) is 24.2 Å². The Morgan fingerprint density at radius 1 is 1.32 bits per heavy atom. The van der Waals surface area contributed by atoms with E-state index in [4.69, 9.17) is 16.3 Å². The topological polar surface area (TPSA) is 114 Å². The normalized spacial score (nSPS) is 25.0. The van der Waals surface area contributed by atoms with E-state index in [-0.39, 0.29) is 30.2 Å². The lowest BCUT2D eigenvalue weighted by Gasteiger charge is -2.39. The molecule has 0 aliphatic carbocycles. The van der Waals surface area contributed by atoms with E-state index in [1.54, 1.807) is 20.2 Å². The number of benzene rings is 1. The van der Waals surface area contributed by atoms with Gasteiger partial charge in [0.05, 0.1) is 36.1 Å². The summed E-state index contributed by atoms with van der Waals surface area (Å²) in [6, 6.07) is 11.1. The number of anilines is 2. The third kappa shape index (κ3) is 4.10. The van der Waals surface area contributed by atoms with Crippen LogP contribution in [0.3, 0.4) is 0 Å². The molecule has 3 heterocycles. The number of pyridine rings is 1. The summed E-state index contributed by atoms with van der Waals surface area (Å²) >= 11 is 6.28. The number of hydrogen-bond donors (Lipinski definition) is 4. The number of aryl methyl sites for hydroxylation is 1. The number of nitrogens with one attached hydrogen (secondary N) is 4. The first-order valence-electron chi connectivity index (χ1n) is 9.94. The number of methoxy groups -OCH3 is 1. The van der Waals surface area contributed by atoms with Crippen LogP contribution in [0.2, 0.25) is 5.02 Å². The number of aromatic nitrogens is 1. The molecule has 0 bridgehead atoms. The number of halogens is 1. The van der Waals surface area contributed by atoms with Gasteiger partial charge in [-0.05, 0) is 30.7 Å². The molecule has 4 N–H and O–H groups in total. The Morgan fingerprint density at radius 3 is 2.87 bits per heavy atom. The summed E-state index contributed by atoms with van der Waals surface area (Å²) in [4.78, 5) is 17.2. The van der Waals surface area contributed by atoms with Gasteiger partial charge in [-0.25, -0.2) is 10.4 Å². The minimum atomic E-state index is -0.326. The number of carbonyl (C=O) groups is 1. The molecule has 10 heteroatoms. The number of piperidine rings is 1. The fourth-order valence-electron chi connectivity index (χ4n) is 4.13. The first kappa shape index (κ1) is 21.2. The Labute approximate surface area is 185 Å². The number of para-hydroxylation sites is 1. The lowest BCUT2D eigenvalue weighted by atomic mass is 9.88. The highest BCUT2D eigenvalue weighted by Gasteiger charge is 2.48. The molecule has 9 nitrogen and oxygen atoms in total. The number of amides is 1. The molecule has 4 rings (SSSR count). The number of nitrogens with zero attached hydrogens (tertiary/aromatic N) is 3. The highest BCUT2D eigenvalue weighted by molar-refractivity contribution is 6.32. The van der Waals surface area contributed by atoms with Crippen molar-refractivity contribution in [2.75, 3.05) is 24.8 Å². The van der Waals surface area contributed by atoms with E-state index in [2.05, 4.69) is 32.4 Å². The number of rotatable bonds is 5. The number of ether oxygens (including phenoxy) is 1. The van der Waals surface area contributed by atoms with E-state index in [1.807, 2.05) is 31.2 Å². The summed E-state index contributed by atoms with van der Waals surface area (Å²) in [5, 5.41) is 21.5. The molecule has 2 aliphatic heterocycles. The molecule has 0 spiro atoms. The van der Waals surface area contributed by atoms with Crippen LogP contribution in [0.5, 0.6) is 5.75 Å². The Bertz CT molecular complexity index is 1040. The van der Waals surface area contributed by atoms with E-state index >= 15 is 0 Å². The number of hydrogen-bond acceptors (Lipinski definition) is 8. The third-order valence-electron chi connectivity index (χ3n) is 5.65. The molecule has 2 aromatic rings. The molecule has 31 heavy (non-hydrogen) atoms. The van der Waals surface area contributed by atoms with Crippen molar-refractivity contribution in [2.24, 2.45) is 5.92 Å². The average molecular weight is 442 g/mol. The van der Waals surface area contributed by atoms with Gasteiger partial charge in [-0.15, -0.1) is 0 Å². The van der Waals surface area contributed by atoms with E-state index in [1.165, 1.54) is 5.01 Å². The zero-order valence-electron chi connectivity index (χ0n) is 17.4. The summed E-state index contributed by atoms with van der Waals surface area (Å²) in [5.74, 6) is 0.798. The Kier molecular flexibility index (Phi) is 5.87. The monoisotopic (exact) mass is 441 g/mol. The van der Waals surface area contributed by atoms with Crippen molar-refractivity contribution >= 4 is 29.0 Å². The van der Waals surface area contributed by atoms with Crippen molar-refractivity contribution in [1.29, 1.82) is 5.26 Å². The highest BCUT2D eigenvalue weighted by atomic mass is 35.5. The average Bonchev–Trinajstić information content (AvgIpc) is 3.03. The summed E-state index contributed by atoms with van der Waals surface area (Å²) in [6.07, 6.45) is 0.111. The quantitative estimate of drug-likeness (QED) is 0.557. The maximum atomic E-state index is 12.8. The molecule has 4 unspecified atom stereocenters. The van der Waals surface area contributed by atoms with Crippen molar-refractivity contribution in [2.45, 2.75) is 31.7 Å². The zero-order valence-corrected chi connectivity index (χ0v) is 18.2. The SMILES string of the molecule is COc1c(Cl)cccc1NC1CC(Nc2ccc(C)c(C#N)n2)NC2NN(C)C(=O)C12. The number of fused-ring (bicyclic) bond motifs is 1. The predicted molar refractivity (Wildman–Crippen MR) is 117 cm³/mol. The second-order valence-electron chi connectivity index (χ2n) is 7.67. The van der Waals surface area contributed by atoms with Crippen LogP contribution in [0.15, 0.2) is 30.3 Å². The third-order valence-corrected chi connectivity index (χ3v) is 5.95. The van der Waals surface area contributed by atoms with Crippen molar-refractivity contribution in [3.63, 3.8) is 0 Å². The van der Waals surface area contributed by atoms with Gasteiger partial charge in [-0.1, -0.05) is 23.7 Å². The Hall–Kier alpha value is -3.06. The van der Waals surface area contributed by atoms with Gasteiger partial charge in [0, 0.05) is 19.5 Å². The minimum Gasteiger partial charge on any atom is -0.493 e. The largest absolute Gasteiger partial charge is 0.493 e. The van der Waals surface area contributed by atoms with Gasteiger partial charge in [-0.3, -0.25) is 15.1 Å². The van der Waals surface area contributed by atoms with Gasteiger partial charge in [0.1, 0.15) is 17.6 Å². The van der Waals surface area contributed by atoms with Crippen LogP contribution in [0.1, 0.15) is 17.7 Å². The molecule has 0 saturated carbocycles. The van der Waals surface area contributed by atoms with Gasteiger partial charge in [0.25, 0.3) is 0 Å². The maximum absolute atomic E-state index is 12.8. The van der Waals surface area contributed by atoms with Crippen LogP contribution >= 0.6 is 11.6 Å². The minimum absolute atomic E-state index is 0.00493. The van der Waals surface area contributed by atoms with Crippen LogP contribution in [-0.4, -0.2) is 48.4 Å². The maximum Gasteiger partial charge on any atom is 0.244 e. The van der Waals surface area contributed by atoms with Gasteiger partial charge in [-0.2, -0.15) is 5.26 Å². The number of hydrazine groups is 1. The van der Waals surface area contributed by atoms with E-state index in [9.17, 15) is 10.1 Å². The van der Waals surface area contributed by atoms with Gasteiger partial charge in [0.2, 0.25) is 5.91 Å². The molecular formula is C21H24ClN7O2. The second-order valence-corrected chi connectivity index (χ2v) is 8.08. The lowest BCUT2D eigenvalue weighted by Crippen LogP contribution is -2.60. The predicted octanol–water partition coefficient (Wildman–Crippen LogP) is 2.05. The molecule has 1 aromatic heterocycles. The van der Waals surface area contributed by atoms with Crippen LogP contribution < -0.4 is 26.1 Å². The Morgan fingerprint density at radius 2 is 2.13 bits per heavy atom. The van der Waals surface area contributed by atoms with E-state index in [0.717, 1.165) is 11.3 Å². The fourth-order valence-corrected chi connectivity index (χ4v) is 4.38.